The summed E-state index contributed by atoms with van der Waals surface area (Å²) in [5, 5.41) is 0.788. The van der Waals surface area contributed by atoms with Crippen LogP contribution in [0, 0.1) is 11.7 Å². The molecule has 3 unspecified atom stereocenters. The zero-order chi connectivity index (χ0) is 15.3. The Hall–Kier alpha value is -1.38. The van der Waals surface area contributed by atoms with Gasteiger partial charge in [-0.15, -0.1) is 0 Å². The molecule has 4 rings (SSSR count). The maximum absolute atomic E-state index is 13.7. The summed E-state index contributed by atoms with van der Waals surface area (Å²) in [5.74, 6) is 0.630. The van der Waals surface area contributed by atoms with Crippen LogP contribution < -0.4 is 0 Å². The lowest BCUT2D eigenvalue weighted by Gasteiger charge is -2.37. The van der Waals surface area contributed by atoms with E-state index in [0.717, 1.165) is 17.1 Å². The van der Waals surface area contributed by atoms with Crippen molar-refractivity contribution in [3.63, 3.8) is 0 Å². The maximum atomic E-state index is 13.7. The molecular weight excluding hydrogens is 297 g/mol. The Kier molecular flexibility index (Phi) is 3.47. The van der Waals surface area contributed by atoms with Crippen LogP contribution in [0.4, 0.5) is 4.39 Å². The number of nitrogens with zero attached hydrogens (tertiary/aromatic N) is 1. The Bertz CT molecular complexity index is 714. The van der Waals surface area contributed by atoms with Crippen molar-refractivity contribution in [2.45, 2.75) is 24.8 Å². The van der Waals surface area contributed by atoms with Crippen molar-refractivity contribution in [2.24, 2.45) is 5.92 Å². The van der Waals surface area contributed by atoms with Crippen molar-refractivity contribution < 1.29 is 4.39 Å². The summed E-state index contributed by atoms with van der Waals surface area (Å²) in [6.07, 6.45) is 2.38. The van der Waals surface area contributed by atoms with Crippen molar-refractivity contribution in [1.29, 1.82) is 0 Å². The highest BCUT2D eigenvalue weighted by Crippen LogP contribution is 2.54. The number of likely N-dealkylation sites (tertiary alicyclic amines) is 1. The predicted molar refractivity (Wildman–Crippen MR) is 87.8 cm³/mol. The van der Waals surface area contributed by atoms with Crippen molar-refractivity contribution in [3.05, 3.63) is 70.0 Å². The van der Waals surface area contributed by atoms with E-state index in [2.05, 4.69) is 30.1 Å². The van der Waals surface area contributed by atoms with Crippen LogP contribution >= 0.6 is 11.6 Å². The first-order valence-corrected chi connectivity index (χ1v) is 8.28. The summed E-state index contributed by atoms with van der Waals surface area (Å²) in [6.45, 7) is 1.11. The van der Waals surface area contributed by atoms with Crippen LogP contribution in [0.1, 0.15) is 41.5 Å². The summed E-state index contributed by atoms with van der Waals surface area (Å²) >= 11 is 6.24. The van der Waals surface area contributed by atoms with E-state index in [0.29, 0.717) is 12.0 Å². The third-order valence-corrected chi connectivity index (χ3v) is 5.50. The fourth-order valence-corrected chi connectivity index (χ4v) is 4.64. The fraction of sp³-hybridized carbons (Fsp3) is 0.368. The van der Waals surface area contributed by atoms with Crippen LogP contribution in [0.3, 0.4) is 0 Å². The van der Waals surface area contributed by atoms with Gasteiger partial charge in [0.2, 0.25) is 0 Å². The Morgan fingerprint density at radius 1 is 1.14 bits per heavy atom. The van der Waals surface area contributed by atoms with E-state index in [9.17, 15) is 4.39 Å². The minimum Gasteiger partial charge on any atom is -0.299 e. The normalized spacial score (nSPS) is 27.5. The molecule has 3 atom stereocenters. The molecule has 1 heterocycles. The van der Waals surface area contributed by atoms with Crippen LogP contribution in [0.5, 0.6) is 0 Å². The van der Waals surface area contributed by atoms with Crippen molar-refractivity contribution in [1.82, 2.24) is 4.90 Å². The average Bonchev–Trinajstić information content (AvgIpc) is 2.82. The molecule has 1 fully saturated rings. The molecule has 0 N–H and O–H groups in total. The largest absolute Gasteiger partial charge is 0.299 e. The molecule has 1 aliphatic carbocycles. The summed E-state index contributed by atoms with van der Waals surface area (Å²) in [5.41, 5.74) is 3.74. The number of piperidine rings is 1. The van der Waals surface area contributed by atoms with Gasteiger partial charge in [0.05, 0.1) is 0 Å². The van der Waals surface area contributed by atoms with Crippen LogP contribution in [0.2, 0.25) is 5.02 Å². The average molecular weight is 316 g/mol. The lowest BCUT2D eigenvalue weighted by molar-refractivity contribution is 0.127. The van der Waals surface area contributed by atoms with Crippen LogP contribution in [-0.2, 0) is 0 Å². The summed E-state index contributed by atoms with van der Waals surface area (Å²) in [4.78, 5) is 2.43. The zero-order valence-corrected chi connectivity index (χ0v) is 13.4. The molecule has 1 saturated heterocycles. The third-order valence-electron chi connectivity index (χ3n) is 5.27. The maximum Gasteiger partial charge on any atom is 0.123 e. The molecule has 1 aliphatic heterocycles. The SMILES string of the molecule is CN1CCCC2C(c3cccc(F)c3)c3ccc(Cl)cc3C21. The lowest BCUT2D eigenvalue weighted by Crippen LogP contribution is -2.34. The second-order valence-electron chi connectivity index (χ2n) is 6.54. The van der Waals surface area contributed by atoms with Crippen LogP contribution in [-0.4, -0.2) is 18.5 Å². The molecule has 3 heteroatoms. The smallest absolute Gasteiger partial charge is 0.123 e. The van der Waals surface area contributed by atoms with E-state index >= 15 is 0 Å². The number of rotatable bonds is 1. The quantitative estimate of drug-likeness (QED) is 0.715. The molecule has 0 bridgehead atoms. The molecule has 2 aromatic carbocycles. The van der Waals surface area contributed by atoms with Gasteiger partial charge in [-0.3, -0.25) is 4.90 Å². The van der Waals surface area contributed by atoms with Crippen LogP contribution in [0.25, 0.3) is 0 Å². The van der Waals surface area contributed by atoms with Gasteiger partial charge in [-0.1, -0.05) is 29.8 Å². The number of hydrogen-bond donors (Lipinski definition) is 0. The Morgan fingerprint density at radius 2 is 2.00 bits per heavy atom. The third kappa shape index (κ3) is 2.17. The minimum atomic E-state index is -0.152. The molecule has 2 aromatic rings. The van der Waals surface area contributed by atoms with Crippen molar-refractivity contribution in [2.75, 3.05) is 13.6 Å². The zero-order valence-electron chi connectivity index (χ0n) is 12.6. The Morgan fingerprint density at radius 3 is 2.82 bits per heavy atom. The van der Waals surface area contributed by atoms with Gasteiger partial charge < -0.3 is 0 Å². The van der Waals surface area contributed by atoms with Gasteiger partial charge in [0.15, 0.2) is 0 Å². The Balaban J connectivity index is 1.88. The summed E-state index contributed by atoms with van der Waals surface area (Å²) < 4.78 is 13.7. The van der Waals surface area contributed by atoms with E-state index < -0.39 is 0 Å². The van der Waals surface area contributed by atoms with Gasteiger partial charge in [-0.2, -0.15) is 0 Å². The molecule has 0 spiro atoms. The second kappa shape index (κ2) is 5.36. The topological polar surface area (TPSA) is 3.24 Å². The highest BCUT2D eigenvalue weighted by atomic mass is 35.5. The number of benzene rings is 2. The molecule has 0 saturated carbocycles. The first-order chi connectivity index (χ1) is 10.6. The molecule has 0 amide bonds. The molecule has 114 valence electrons. The molecule has 2 aliphatic rings. The van der Waals surface area contributed by atoms with Gasteiger partial charge in [0, 0.05) is 17.0 Å². The van der Waals surface area contributed by atoms with Gasteiger partial charge >= 0.3 is 0 Å². The fourth-order valence-electron chi connectivity index (χ4n) is 4.46. The van der Waals surface area contributed by atoms with Gasteiger partial charge in [0.25, 0.3) is 0 Å². The van der Waals surface area contributed by atoms with E-state index in [1.807, 2.05) is 12.1 Å². The monoisotopic (exact) mass is 315 g/mol. The minimum absolute atomic E-state index is 0.152. The highest BCUT2D eigenvalue weighted by Gasteiger charge is 2.44. The molecule has 0 radical (unpaired) electrons. The van der Waals surface area contributed by atoms with Crippen molar-refractivity contribution >= 4 is 11.6 Å². The van der Waals surface area contributed by atoms with Gasteiger partial charge in [0.1, 0.15) is 5.82 Å². The molecule has 22 heavy (non-hydrogen) atoms. The first-order valence-electron chi connectivity index (χ1n) is 7.90. The Labute approximate surface area is 135 Å². The van der Waals surface area contributed by atoms with E-state index in [4.69, 9.17) is 11.6 Å². The van der Waals surface area contributed by atoms with Crippen molar-refractivity contribution in [3.8, 4) is 0 Å². The van der Waals surface area contributed by atoms with Crippen LogP contribution in [0.15, 0.2) is 42.5 Å². The predicted octanol–water partition coefficient (Wildman–Crippen LogP) is 5.01. The second-order valence-corrected chi connectivity index (χ2v) is 6.97. The van der Waals surface area contributed by atoms with Gasteiger partial charge in [-0.05, 0) is 73.3 Å². The summed E-state index contributed by atoms with van der Waals surface area (Å²) in [7, 11) is 2.19. The van der Waals surface area contributed by atoms with E-state index in [1.165, 1.54) is 30.0 Å². The number of fused-ring (bicyclic) bond motifs is 3. The lowest BCUT2D eigenvalue weighted by atomic mass is 9.80. The van der Waals surface area contributed by atoms with E-state index in [-0.39, 0.29) is 11.7 Å². The first kappa shape index (κ1) is 14.2. The number of hydrogen-bond acceptors (Lipinski definition) is 1. The highest BCUT2D eigenvalue weighted by molar-refractivity contribution is 6.30. The molecule has 0 aromatic heterocycles. The molecular formula is C19H19ClFN. The van der Waals surface area contributed by atoms with Gasteiger partial charge in [-0.25, -0.2) is 4.39 Å². The number of halogens is 2. The molecule has 1 nitrogen and oxygen atoms in total. The van der Waals surface area contributed by atoms with E-state index in [1.54, 1.807) is 6.07 Å². The summed E-state index contributed by atoms with van der Waals surface area (Å²) in [6, 6.07) is 13.7. The standard InChI is InChI=1S/C19H19ClFN/c1-22-9-3-6-16-18(12-4-2-5-14(21)10-12)15-8-7-13(20)11-17(15)19(16)22/h2,4-5,7-8,10-11,16,18-19H,3,6,9H2,1H3.